The summed E-state index contributed by atoms with van der Waals surface area (Å²) >= 11 is 0. The Bertz CT molecular complexity index is 783. The Morgan fingerprint density at radius 2 is 2.00 bits per heavy atom. The highest BCUT2D eigenvalue weighted by atomic mass is 16.6. The molecule has 1 aromatic heterocycles. The fourth-order valence-electron chi connectivity index (χ4n) is 2.15. The number of nitro groups is 1. The number of furan rings is 1. The molecule has 0 aliphatic carbocycles. The van der Waals surface area contributed by atoms with Crippen molar-refractivity contribution < 1.29 is 18.9 Å². The van der Waals surface area contributed by atoms with Gasteiger partial charge in [0.2, 0.25) is 0 Å². The van der Waals surface area contributed by atoms with Crippen LogP contribution in [0.15, 0.2) is 45.9 Å². The maximum Gasteiger partial charge on any atom is 0.433 e. The normalized spacial score (nSPS) is 11.1. The zero-order valence-electron chi connectivity index (χ0n) is 15.3. The first-order valence-electron chi connectivity index (χ1n) is 8.41. The molecule has 0 aliphatic heterocycles. The fraction of sp³-hybridized carbons (Fsp3) is 0.333. The number of unbranched alkanes of at least 4 members (excludes halogenated alkanes) is 1. The number of carbonyl (C=O) groups is 1. The molecule has 0 spiro atoms. The number of benzene rings is 1. The SMILES string of the molecule is CN(C)CCCCOc1ccc(C(=O)N/N=C/c2ccc([N+](=O)[O-])o2)cc1. The average Bonchev–Trinajstić information content (AvgIpc) is 3.11. The Morgan fingerprint density at radius 1 is 1.26 bits per heavy atom. The van der Waals surface area contributed by atoms with Gasteiger partial charge in [0, 0.05) is 5.56 Å². The minimum absolute atomic E-state index is 0.167. The van der Waals surface area contributed by atoms with Gasteiger partial charge in [0.25, 0.3) is 5.91 Å². The number of rotatable bonds is 10. The van der Waals surface area contributed by atoms with E-state index in [1.807, 2.05) is 14.1 Å². The van der Waals surface area contributed by atoms with Gasteiger partial charge in [0.15, 0.2) is 5.76 Å². The summed E-state index contributed by atoms with van der Waals surface area (Å²) in [5, 5.41) is 14.2. The van der Waals surface area contributed by atoms with Crippen LogP contribution in [0.3, 0.4) is 0 Å². The van der Waals surface area contributed by atoms with Gasteiger partial charge in [-0.25, -0.2) is 5.43 Å². The van der Waals surface area contributed by atoms with Gasteiger partial charge < -0.3 is 14.1 Å². The highest BCUT2D eigenvalue weighted by molar-refractivity contribution is 5.94. The lowest BCUT2D eigenvalue weighted by Crippen LogP contribution is -2.17. The molecular weight excluding hydrogens is 352 g/mol. The highest BCUT2D eigenvalue weighted by Crippen LogP contribution is 2.14. The Kier molecular flexibility index (Phi) is 7.50. The first-order chi connectivity index (χ1) is 13.0. The molecule has 0 fully saturated rings. The molecule has 9 nitrogen and oxygen atoms in total. The molecule has 2 aromatic rings. The van der Waals surface area contributed by atoms with Crippen LogP contribution in [-0.2, 0) is 0 Å². The third-order valence-electron chi connectivity index (χ3n) is 3.54. The lowest BCUT2D eigenvalue weighted by Gasteiger charge is -2.10. The van der Waals surface area contributed by atoms with Gasteiger partial charge >= 0.3 is 5.88 Å². The molecule has 144 valence electrons. The summed E-state index contributed by atoms with van der Waals surface area (Å²) in [5.41, 5.74) is 2.75. The van der Waals surface area contributed by atoms with E-state index in [1.165, 1.54) is 18.3 Å². The standard InChI is InChI=1S/C18H22N4O5/c1-21(2)11-3-4-12-26-15-7-5-14(6-8-15)18(23)20-19-13-16-9-10-17(27-16)22(24)25/h5-10,13H,3-4,11-12H2,1-2H3,(H,20,23)/b19-13+. The van der Waals surface area contributed by atoms with Crippen LogP contribution < -0.4 is 10.2 Å². The van der Waals surface area contributed by atoms with Crippen LogP contribution in [0.5, 0.6) is 5.75 Å². The molecule has 1 amide bonds. The summed E-state index contributed by atoms with van der Waals surface area (Å²) in [7, 11) is 4.07. The smallest absolute Gasteiger partial charge is 0.433 e. The van der Waals surface area contributed by atoms with Crippen molar-refractivity contribution in [2.75, 3.05) is 27.2 Å². The molecule has 1 aromatic carbocycles. The van der Waals surface area contributed by atoms with Gasteiger partial charge in [-0.1, -0.05) is 0 Å². The first-order valence-corrected chi connectivity index (χ1v) is 8.41. The van der Waals surface area contributed by atoms with Crippen LogP contribution >= 0.6 is 0 Å². The van der Waals surface area contributed by atoms with Crippen molar-refractivity contribution in [1.29, 1.82) is 0 Å². The Labute approximate surface area is 156 Å². The number of carbonyl (C=O) groups excluding carboxylic acids is 1. The Hall–Kier alpha value is -3.20. The second kappa shape index (κ2) is 10.1. The van der Waals surface area contributed by atoms with Crippen molar-refractivity contribution in [1.82, 2.24) is 10.3 Å². The number of nitrogens with one attached hydrogen (secondary N) is 1. The van der Waals surface area contributed by atoms with E-state index < -0.39 is 10.8 Å². The van der Waals surface area contributed by atoms with E-state index in [4.69, 9.17) is 9.15 Å². The molecule has 0 unspecified atom stereocenters. The Morgan fingerprint density at radius 3 is 2.63 bits per heavy atom. The summed E-state index contributed by atoms with van der Waals surface area (Å²) < 4.78 is 10.5. The first kappa shape index (κ1) is 20.1. The molecule has 9 heteroatoms. The van der Waals surface area contributed by atoms with Crippen molar-refractivity contribution in [2.24, 2.45) is 5.10 Å². The summed E-state index contributed by atoms with van der Waals surface area (Å²) in [6.07, 6.45) is 3.21. The third-order valence-corrected chi connectivity index (χ3v) is 3.54. The number of hydrogen-bond acceptors (Lipinski definition) is 7. The largest absolute Gasteiger partial charge is 0.494 e. The number of amides is 1. The molecule has 0 atom stereocenters. The summed E-state index contributed by atoms with van der Waals surface area (Å²) in [5.74, 6) is 0.0627. The maximum absolute atomic E-state index is 12.0. The second-order valence-corrected chi connectivity index (χ2v) is 6.02. The summed E-state index contributed by atoms with van der Waals surface area (Å²) in [6, 6.07) is 9.32. The van der Waals surface area contributed by atoms with Crippen LogP contribution in [0.2, 0.25) is 0 Å². The van der Waals surface area contributed by atoms with Crippen molar-refractivity contribution in [2.45, 2.75) is 12.8 Å². The van der Waals surface area contributed by atoms with E-state index in [0.29, 0.717) is 17.9 Å². The minimum Gasteiger partial charge on any atom is -0.494 e. The summed E-state index contributed by atoms with van der Waals surface area (Å²) in [6.45, 7) is 1.65. The molecule has 1 N–H and O–H groups in total. The van der Waals surface area contributed by atoms with E-state index in [-0.39, 0.29) is 11.6 Å². The van der Waals surface area contributed by atoms with Crippen molar-refractivity contribution in [3.05, 3.63) is 57.8 Å². The van der Waals surface area contributed by atoms with Crippen molar-refractivity contribution in [3.63, 3.8) is 0 Å². The van der Waals surface area contributed by atoms with E-state index in [9.17, 15) is 14.9 Å². The second-order valence-electron chi connectivity index (χ2n) is 6.02. The average molecular weight is 374 g/mol. The van der Waals surface area contributed by atoms with Crippen LogP contribution in [0.4, 0.5) is 5.88 Å². The van der Waals surface area contributed by atoms with E-state index >= 15 is 0 Å². The lowest BCUT2D eigenvalue weighted by molar-refractivity contribution is -0.402. The molecule has 0 aliphatic rings. The monoisotopic (exact) mass is 374 g/mol. The maximum atomic E-state index is 12.0. The van der Waals surface area contributed by atoms with Gasteiger partial charge in [0.05, 0.1) is 18.9 Å². The summed E-state index contributed by atoms with van der Waals surface area (Å²) in [4.78, 5) is 24.0. The predicted molar refractivity (Wildman–Crippen MR) is 100 cm³/mol. The lowest BCUT2D eigenvalue weighted by atomic mass is 10.2. The van der Waals surface area contributed by atoms with Gasteiger partial charge in [-0.2, -0.15) is 5.10 Å². The van der Waals surface area contributed by atoms with Crippen LogP contribution in [-0.4, -0.2) is 49.2 Å². The molecule has 27 heavy (non-hydrogen) atoms. The predicted octanol–water partition coefficient (Wildman–Crippen LogP) is 2.67. The number of hydrogen-bond donors (Lipinski definition) is 1. The number of hydrazone groups is 1. The molecule has 0 saturated carbocycles. The molecular formula is C18H22N4O5. The van der Waals surface area contributed by atoms with Crippen LogP contribution in [0.1, 0.15) is 29.0 Å². The van der Waals surface area contributed by atoms with Gasteiger partial charge in [-0.05, 0) is 63.8 Å². The zero-order chi connectivity index (χ0) is 19.6. The topological polar surface area (TPSA) is 110 Å². The van der Waals surface area contributed by atoms with Gasteiger partial charge in [-0.3, -0.25) is 14.9 Å². The van der Waals surface area contributed by atoms with Gasteiger partial charge in [-0.15, -0.1) is 0 Å². The van der Waals surface area contributed by atoms with Crippen molar-refractivity contribution >= 4 is 18.0 Å². The third kappa shape index (κ3) is 6.90. The quantitative estimate of drug-likeness (QED) is 0.296. The molecule has 0 saturated heterocycles. The van der Waals surface area contributed by atoms with E-state index in [2.05, 4.69) is 15.4 Å². The molecule has 0 radical (unpaired) electrons. The van der Waals surface area contributed by atoms with Crippen LogP contribution in [0, 0.1) is 10.1 Å². The highest BCUT2D eigenvalue weighted by Gasteiger charge is 2.10. The van der Waals surface area contributed by atoms with Crippen molar-refractivity contribution in [3.8, 4) is 5.75 Å². The van der Waals surface area contributed by atoms with Gasteiger partial charge in [0.1, 0.15) is 10.7 Å². The number of ether oxygens (including phenoxy) is 1. The van der Waals surface area contributed by atoms with E-state index in [0.717, 1.165) is 19.4 Å². The Balaban J connectivity index is 1.77. The van der Waals surface area contributed by atoms with E-state index in [1.54, 1.807) is 24.3 Å². The molecule has 1 heterocycles. The zero-order valence-corrected chi connectivity index (χ0v) is 15.3. The molecule has 0 bridgehead atoms. The van der Waals surface area contributed by atoms with Crippen LogP contribution in [0.25, 0.3) is 0 Å². The fourth-order valence-corrected chi connectivity index (χ4v) is 2.15. The number of nitrogens with zero attached hydrogens (tertiary/aromatic N) is 3. The molecule has 2 rings (SSSR count). The minimum atomic E-state index is -0.651.